The summed E-state index contributed by atoms with van der Waals surface area (Å²) in [5.74, 6) is 2.61. The minimum absolute atomic E-state index is 0.0229. The molecular formula is C11H17N3. The second-order valence-corrected chi connectivity index (χ2v) is 3.41. The van der Waals surface area contributed by atoms with Gasteiger partial charge in [-0.2, -0.15) is 5.10 Å². The zero-order valence-electron chi connectivity index (χ0n) is 8.83. The third-order valence-electron chi connectivity index (χ3n) is 2.27. The molecule has 0 fully saturated rings. The van der Waals surface area contributed by atoms with Crippen LogP contribution in [-0.4, -0.2) is 9.78 Å². The molecule has 0 aliphatic heterocycles. The SMILES string of the molecule is C#CCCC(N)c1cn(C)nc1CC. The van der Waals surface area contributed by atoms with Crippen molar-refractivity contribution in [1.82, 2.24) is 9.78 Å². The molecule has 0 bridgehead atoms. The summed E-state index contributed by atoms with van der Waals surface area (Å²) in [6, 6.07) is 0.0229. The fourth-order valence-electron chi connectivity index (χ4n) is 1.53. The summed E-state index contributed by atoms with van der Waals surface area (Å²) in [5, 5.41) is 4.34. The van der Waals surface area contributed by atoms with E-state index in [1.807, 2.05) is 17.9 Å². The fourth-order valence-corrected chi connectivity index (χ4v) is 1.53. The molecule has 0 aliphatic rings. The summed E-state index contributed by atoms with van der Waals surface area (Å²) >= 11 is 0. The number of aromatic nitrogens is 2. The van der Waals surface area contributed by atoms with Gasteiger partial charge in [0.15, 0.2) is 0 Å². The Morgan fingerprint density at radius 3 is 3.00 bits per heavy atom. The van der Waals surface area contributed by atoms with Crippen LogP contribution in [-0.2, 0) is 13.5 Å². The number of hydrogen-bond donors (Lipinski definition) is 1. The highest BCUT2D eigenvalue weighted by Crippen LogP contribution is 2.19. The molecule has 14 heavy (non-hydrogen) atoms. The first kappa shape index (κ1) is 10.8. The minimum Gasteiger partial charge on any atom is -0.324 e. The molecule has 1 aromatic heterocycles. The molecule has 1 unspecified atom stereocenters. The van der Waals surface area contributed by atoms with Gasteiger partial charge >= 0.3 is 0 Å². The topological polar surface area (TPSA) is 43.8 Å². The second kappa shape index (κ2) is 4.83. The summed E-state index contributed by atoms with van der Waals surface area (Å²) < 4.78 is 1.81. The highest BCUT2D eigenvalue weighted by molar-refractivity contribution is 5.21. The van der Waals surface area contributed by atoms with Gasteiger partial charge in [0, 0.05) is 31.3 Å². The molecule has 0 aliphatic carbocycles. The van der Waals surface area contributed by atoms with Gasteiger partial charge in [0.1, 0.15) is 0 Å². The number of aryl methyl sites for hydroxylation is 2. The standard InChI is InChI=1S/C11H17N3/c1-4-6-7-10(12)9-8-14(3)13-11(9)5-2/h1,8,10H,5-7,12H2,2-3H3. The second-order valence-electron chi connectivity index (χ2n) is 3.41. The summed E-state index contributed by atoms with van der Waals surface area (Å²) in [4.78, 5) is 0. The molecule has 3 nitrogen and oxygen atoms in total. The Morgan fingerprint density at radius 2 is 2.43 bits per heavy atom. The largest absolute Gasteiger partial charge is 0.324 e. The van der Waals surface area contributed by atoms with Gasteiger partial charge in [-0.3, -0.25) is 4.68 Å². The average Bonchev–Trinajstić information content (AvgIpc) is 2.56. The van der Waals surface area contributed by atoms with Crippen LogP contribution in [0.15, 0.2) is 6.20 Å². The smallest absolute Gasteiger partial charge is 0.0669 e. The predicted molar refractivity (Wildman–Crippen MR) is 57.6 cm³/mol. The van der Waals surface area contributed by atoms with Crippen LogP contribution in [0.4, 0.5) is 0 Å². The van der Waals surface area contributed by atoms with Crippen LogP contribution in [0.1, 0.15) is 37.1 Å². The minimum atomic E-state index is 0.0229. The van der Waals surface area contributed by atoms with Crippen molar-refractivity contribution >= 4 is 0 Å². The Morgan fingerprint density at radius 1 is 1.71 bits per heavy atom. The van der Waals surface area contributed by atoms with Crippen molar-refractivity contribution in [2.75, 3.05) is 0 Å². The van der Waals surface area contributed by atoms with Crippen LogP contribution in [0, 0.1) is 12.3 Å². The predicted octanol–water partition coefficient (Wildman–Crippen LogP) is 1.40. The molecule has 0 radical (unpaired) electrons. The molecule has 0 aromatic carbocycles. The van der Waals surface area contributed by atoms with Crippen molar-refractivity contribution in [1.29, 1.82) is 0 Å². The Labute approximate surface area is 85.3 Å². The Bertz CT molecular complexity index is 333. The van der Waals surface area contributed by atoms with Gasteiger partial charge < -0.3 is 5.73 Å². The van der Waals surface area contributed by atoms with E-state index in [4.69, 9.17) is 12.2 Å². The maximum Gasteiger partial charge on any atom is 0.0669 e. The molecular weight excluding hydrogens is 174 g/mol. The molecule has 1 atom stereocenters. The van der Waals surface area contributed by atoms with Gasteiger partial charge in [-0.15, -0.1) is 12.3 Å². The average molecular weight is 191 g/mol. The summed E-state index contributed by atoms with van der Waals surface area (Å²) in [6.45, 7) is 2.08. The van der Waals surface area contributed by atoms with E-state index < -0.39 is 0 Å². The molecule has 1 rings (SSSR count). The number of terminal acetylenes is 1. The lowest BCUT2D eigenvalue weighted by molar-refractivity contribution is 0.660. The highest BCUT2D eigenvalue weighted by atomic mass is 15.3. The van der Waals surface area contributed by atoms with Gasteiger partial charge in [-0.25, -0.2) is 0 Å². The first-order valence-corrected chi connectivity index (χ1v) is 4.90. The van der Waals surface area contributed by atoms with E-state index in [0.29, 0.717) is 0 Å². The van der Waals surface area contributed by atoms with E-state index in [1.165, 1.54) is 0 Å². The first-order chi connectivity index (χ1) is 6.69. The maximum absolute atomic E-state index is 6.02. The number of hydrogen-bond acceptors (Lipinski definition) is 2. The van der Waals surface area contributed by atoms with Crippen LogP contribution in [0.25, 0.3) is 0 Å². The molecule has 2 N–H and O–H groups in total. The lowest BCUT2D eigenvalue weighted by atomic mass is 10.0. The van der Waals surface area contributed by atoms with Crippen molar-refractivity contribution in [2.45, 2.75) is 32.2 Å². The normalized spacial score (nSPS) is 12.4. The van der Waals surface area contributed by atoms with Crippen molar-refractivity contribution in [2.24, 2.45) is 12.8 Å². The summed E-state index contributed by atoms with van der Waals surface area (Å²) in [6.07, 6.45) is 9.66. The molecule has 0 saturated carbocycles. The highest BCUT2D eigenvalue weighted by Gasteiger charge is 2.12. The molecule has 0 saturated heterocycles. The Hall–Kier alpha value is -1.27. The quantitative estimate of drug-likeness (QED) is 0.731. The van der Waals surface area contributed by atoms with Crippen LogP contribution in [0.5, 0.6) is 0 Å². The zero-order chi connectivity index (χ0) is 10.6. The van der Waals surface area contributed by atoms with Crippen LogP contribution >= 0.6 is 0 Å². The van der Waals surface area contributed by atoms with Gasteiger partial charge in [0.05, 0.1) is 5.69 Å². The summed E-state index contributed by atoms with van der Waals surface area (Å²) in [7, 11) is 1.91. The van der Waals surface area contributed by atoms with Crippen LogP contribution in [0.3, 0.4) is 0 Å². The number of nitrogens with two attached hydrogens (primary N) is 1. The van der Waals surface area contributed by atoms with Crippen molar-refractivity contribution < 1.29 is 0 Å². The van der Waals surface area contributed by atoms with E-state index >= 15 is 0 Å². The Kier molecular flexibility index (Phi) is 3.73. The van der Waals surface area contributed by atoms with Gasteiger partial charge in [0.25, 0.3) is 0 Å². The van der Waals surface area contributed by atoms with Gasteiger partial charge in [0.2, 0.25) is 0 Å². The molecule has 1 heterocycles. The molecule has 76 valence electrons. The first-order valence-electron chi connectivity index (χ1n) is 4.90. The maximum atomic E-state index is 6.02. The number of nitrogens with zero attached hydrogens (tertiary/aromatic N) is 2. The van der Waals surface area contributed by atoms with Crippen molar-refractivity contribution in [3.05, 3.63) is 17.5 Å². The van der Waals surface area contributed by atoms with Gasteiger partial charge in [-0.1, -0.05) is 6.92 Å². The van der Waals surface area contributed by atoms with Gasteiger partial charge in [-0.05, 0) is 12.8 Å². The molecule has 3 heteroatoms. The van der Waals surface area contributed by atoms with Crippen LogP contribution < -0.4 is 5.73 Å². The number of rotatable bonds is 4. The zero-order valence-corrected chi connectivity index (χ0v) is 8.83. The van der Waals surface area contributed by atoms with E-state index in [2.05, 4.69) is 17.9 Å². The van der Waals surface area contributed by atoms with E-state index in [1.54, 1.807) is 0 Å². The Balaban J connectivity index is 2.78. The molecule has 0 spiro atoms. The third-order valence-corrected chi connectivity index (χ3v) is 2.27. The lowest BCUT2D eigenvalue weighted by Crippen LogP contribution is -2.11. The summed E-state index contributed by atoms with van der Waals surface area (Å²) in [5.41, 5.74) is 8.23. The monoisotopic (exact) mass is 191 g/mol. The van der Waals surface area contributed by atoms with E-state index in [-0.39, 0.29) is 6.04 Å². The lowest BCUT2D eigenvalue weighted by Gasteiger charge is -2.08. The third kappa shape index (κ3) is 2.36. The van der Waals surface area contributed by atoms with Crippen molar-refractivity contribution in [3.63, 3.8) is 0 Å². The molecule has 1 aromatic rings. The fraction of sp³-hybridized carbons (Fsp3) is 0.545. The van der Waals surface area contributed by atoms with Crippen LogP contribution in [0.2, 0.25) is 0 Å². The van der Waals surface area contributed by atoms with E-state index in [0.717, 1.165) is 30.5 Å². The van der Waals surface area contributed by atoms with E-state index in [9.17, 15) is 0 Å². The molecule has 0 amide bonds. The van der Waals surface area contributed by atoms with Crippen molar-refractivity contribution in [3.8, 4) is 12.3 Å².